The minimum Gasteiger partial charge on any atom is -0.347 e. The summed E-state index contributed by atoms with van der Waals surface area (Å²) < 4.78 is 11.5. The van der Waals surface area contributed by atoms with Gasteiger partial charge >= 0.3 is 0 Å². The zero-order valence-corrected chi connectivity index (χ0v) is 13.1. The second-order valence-electron chi connectivity index (χ2n) is 6.20. The maximum atomic E-state index is 12.4. The first kappa shape index (κ1) is 15.2. The Kier molecular flexibility index (Phi) is 4.78. The fourth-order valence-electron chi connectivity index (χ4n) is 3.44. The van der Waals surface area contributed by atoms with Crippen LogP contribution in [-0.2, 0) is 14.3 Å². The number of hydrogen-bond acceptors (Lipinski definition) is 5. The summed E-state index contributed by atoms with van der Waals surface area (Å²) in [5, 5.41) is 0. The van der Waals surface area contributed by atoms with Crippen molar-refractivity contribution in [2.45, 2.75) is 25.6 Å². The lowest BCUT2D eigenvalue weighted by Gasteiger charge is -2.39. The number of ether oxygens (including phenoxy) is 2. The van der Waals surface area contributed by atoms with Crippen LogP contribution < -0.4 is 0 Å². The van der Waals surface area contributed by atoms with Crippen molar-refractivity contribution < 1.29 is 14.3 Å². The van der Waals surface area contributed by atoms with E-state index in [9.17, 15) is 4.79 Å². The van der Waals surface area contributed by atoms with Crippen LogP contribution in [0.25, 0.3) is 0 Å². The van der Waals surface area contributed by atoms with E-state index in [0.717, 1.165) is 58.7 Å². The first-order valence-corrected chi connectivity index (χ1v) is 8.21. The van der Waals surface area contributed by atoms with E-state index >= 15 is 0 Å². The Bertz CT molecular complexity index is 353. The molecule has 0 aliphatic carbocycles. The molecule has 3 saturated heterocycles. The standard InChI is InChI=1S/C15H27N3O3/c1-2-16-7-9-18(10-8-16)14(19)13-17-5-3-15(4-6-17)20-11-12-21-15/h2-13H2,1H3. The molecule has 3 rings (SSSR count). The summed E-state index contributed by atoms with van der Waals surface area (Å²) in [6.45, 7) is 10.8. The van der Waals surface area contributed by atoms with Crippen molar-refractivity contribution in [3.8, 4) is 0 Å². The van der Waals surface area contributed by atoms with E-state index in [0.29, 0.717) is 19.8 Å². The van der Waals surface area contributed by atoms with Crippen molar-refractivity contribution >= 4 is 5.91 Å². The van der Waals surface area contributed by atoms with Crippen LogP contribution in [0.2, 0.25) is 0 Å². The largest absolute Gasteiger partial charge is 0.347 e. The van der Waals surface area contributed by atoms with Gasteiger partial charge in [0, 0.05) is 52.1 Å². The summed E-state index contributed by atoms with van der Waals surface area (Å²) in [4.78, 5) is 19.0. The lowest BCUT2D eigenvalue weighted by Crippen LogP contribution is -2.53. The Labute approximate surface area is 126 Å². The highest BCUT2D eigenvalue weighted by Crippen LogP contribution is 2.31. The molecule has 1 spiro atoms. The van der Waals surface area contributed by atoms with Gasteiger partial charge in [0.1, 0.15) is 0 Å². The third-order valence-electron chi connectivity index (χ3n) is 4.96. The third-order valence-corrected chi connectivity index (χ3v) is 4.96. The van der Waals surface area contributed by atoms with Crippen molar-refractivity contribution in [1.82, 2.24) is 14.7 Å². The number of carbonyl (C=O) groups excluding carboxylic acids is 1. The summed E-state index contributed by atoms with van der Waals surface area (Å²) >= 11 is 0. The Balaban J connectivity index is 1.42. The number of hydrogen-bond donors (Lipinski definition) is 0. The van der Waals surface area contributed by atoms with Gasteiger partial charge in [0.25, 0.3) is 0 Å². The highest BCUT2D eigenvalue weighted by molar-refractivity contribution is 5.78. The van der Waals surface area contributed by atoms with Gasteiger partial charge in [0.15, 0.2) is 5.79 Å². The molecule has 120 valence electrons. The van der Waals surface area contributed by atoms with Crippen molar-refractivity contribution in [3.05, 3.63) is 0 Å². The molecule has 0 aromatic carbocycles. The molecule has 3 fully saturated rings. The number of likely N-dealkylation sites (N-methyl/N-ethyl adjacent to an activating group) is 1. The molecule has 1 amide bonds. The summed E-state index contributed by atoms with van der Waals surface area (Å²) in [6.07, 6.45) is 1.76. The summed E-state index contributed by atoms with van der Waals surface area (Å²) in [5.74, 6) is -0.0679. The Morgan fingerprint density at radius 2 is 1.57 bits per heavy atom. The molecule has 3 heterocycles. The molecule has 0 N–H and O–H groups in total. The van der Waals surface area contributed by atoms with Crippen LogP contribution in [0.4, 0.5) is 0 Å². The van der Waals surface area contributed by atoms with Crippen molar-refractivity contribution in [2.24, 2.45) is 0 Å². The van der Waals surface area contributed by atoms with Crippen LogP contribution in [0, 0.1) is 0 Å². The average Bonchev–Trinajstić information content (AvgIpc) is 2.98. The lowest BCUT2D eigenvalue weighted by atomic mass is 10.0. The molecule has 0 aromatic heterocycles. The van der Waals surface area contributed by atoms with Gasteiger partial charge in [0.2, 0.25) is 5.91 Å². The molecule has 0 aromatic rings. The van der Waals surface area contributed by atoms with E-state index in [1.165, 1.54) is 0 Å². The van der Waals surface area contributed by atoms with E-state index in [1.54, 1.807) is 0 Å². The van der Waals surface area contributed by atoms with Crippen LogP contribution in [0.15, 0.2) is 0 Å². The van der Waals surface area contributed by atoms with E-state index < -0.39 is 0 Å². The normalized spacial score (nSPS) is 27.4. The number of rotatable bonds is 3. The molecule has 21 heavy (non-hydrogen) atoms. The predicted molar refractivity (Wildman–Crippen MR) is 79.0 cm³/mol. The number of piperazine rings is 1. The van der Waals surface area contributed by atoms with Gasteiger partial charge in [-0.15, -0.1) is 0 Å². The quantitative estimate of drug-likeness (QED) is 0.733. The molecule has 0 unspecified atom stereocenters. The molecule has 0 saturated carbocycles. The minimum absolute atomic E-state index is 0.273. The molecule has 0 radical (unpaired) electrons. The van der Waals surface area contributed by atoms with Crippen LogP contribution in [-0.4, -0.2) is 92.0 Å². The number of piperidine rings is 1. The topological polar surface area (TPSA) is 45.2 Å². The maximum absolute atomic E-state index is 12.4. The zero-order valence-electron chi connectivity index (χ0n) is 13.1. The first-order valence-electron chi connectivity index (χ1n) is 8.21. The fraction of sp³-hybridized carbons (Fsp3) is 0.933. The molecule has 0 bridgehead atoms. The van der Waals surface area contributed by atoms with E-state index in [4.69, 9.17) is 9.47 Å². The highest BCUT2D eigenvalue weighted by atomic mass is 16.7. The molecule has 6 heteroatoms. The second kappa shape index (κ2) is 6.60. The SMILES string of the molecule is CCN1CCN(C(=O)CN2CCC3(CC2)OCCO3)CC1. The molecule has 3 aliphatic rings. The van der Waals surface area contributed by atoms with Gasteiger partial charge in [-0.25, -0.2) is 0 Å². The van der Waals surface area contributed by atoms with Gasteiger partial charge in [0.05, 0.1) is 19.8 Å². The predicted octanol–water partition coefficient (Wildman–Crippen LogP) is -0.0106. The molecule has 3 aliphatic heterocycles. The zero-order chi connectivity index (χ0) is 14.7. The summed E-state index contributed by atoms with van der Waals surface area (Å²) in [7, 11) is 0. The Hall–Kier alpha value is -0.690. The summed E-state index contributed by atoms with van der Waals surface area (Å²) in [5.41, 5.74) is 0. The Morgan fingerprint density at radius 3 is 2.14 bits per heavy atom. The van der Waals surface area contributed by atoms with Gasteiger partial charge in [-0.05, 0) is 6.54 Å². The molecule has 0 atom stereocenters. The van der Waals surface area contributed by atoms with Gasteiger partial charge < -0.3 is 19.3 Å². The van der Waals surface area contributed by atoms with Crippen molar-refractivity contribution in [1.29, 1.82) is 0 Å². The van der Waals surface area contributed by atoms with Gasteiger partial charge in [-0.2, -0.15) is 0 Å². The number of nitrogens with zero attached hydrogens (tertiary/aromatic N) is 3. The average molecular weight is 297 g/mol. The van der Waals surface area contributed by atoms with E-state index in [1.807, 2.05) is 4.90 Å². The minimum atomic E-state index is -0.341. The van der Waals surface area contributed by atoms with Crippen LogP contribution in [0.1, 0.15) is 19.8 Å². The lowest BCUT2D eigenvalue weighted by molar-refractivity contribution is -0.186. The maximum Gasteiger partial charge on any atom is 0.236 e. The molecular formula is C15H27N3O3. The fourth-order valence-corrected chi connectivity index (χ4v) is 3.44. The van der Waals surface area contributed by atoms with Crippen molar-refractivity contribution in [2.75, 3.05) is 65.6 Å². The smallest absolute Gasteiger partial charge is 0.236 e. The molecular weight excluding hydrogens is 270 g/mol. The Morgan fingerprint density at radius 1 is 0.952 bits per heavy atom. The van der Waals surface area contributed by atoms with E-state index in [-0.39, 0.29) is 11.7 Å². The second-order valence-corrected chi connectivity index (χ2v) is 6.20. The number of amides is 1. The van der Waals surface area contributed by atoms with Gasteiger partial charge in [-0.1, -0.05) is 6.92 Å². The van der Waals surface area contributed by atoms with Crippen LogP contribution in [0.3, 0.4) is 0 Å². The monoisotopic (exact) mass is 297 g/mol. The van der Waals surface area contributed by atoms with Crippen LogP contribution >= 0.6 is 0 Å². The number of likely N-dealkylation sites (tertiary alicyclic amines) is 1. The highest BCUT2D eigenvalue weighted by Gasteiger charge is 2.40. The third kappa shape index (κ3) is 3.56. The van der Waals surface area contributed by atoms with Crippen molar-refractivity contribution in [3.63, 3.8) is 0 Å². The first-order chi connectivity index (χ1) is 10.2. The van der Waals surface area contributed by atoms with Gasteiger partial charge in [-0.3, -0.25) is 9.69 Å². The summed E-state index contributed by atoms with van der Waals surface area (Å²) in [6, 6.07) is 0. The number of carbonyl (C=O) groups is 1. The molecule has 6 nitrogen and oxygen atoms in total. The van der Waals surface area contributed by atoms with Crippen LogP contribution in [0.5, 0.6) is 0 Å². The van der Waals surface area contributed by atoms with E-state index in [2.05, 4.69) is 16.7 Å².